The van der Waals surface area contributed by atoms with Crippen LogP contribution in [0.1, 0.15) is 56.8 Å². The molecular formula is C28H31N3O2S. The van der Waals surface area contributed by atoms with Crippen molar-refractivity contribution in [1.29, 1.82) is 0 Å². The van der Waals surface area contributed by atoms with Crippen molar-refractivity contribution in [3.05, 3.63) is 78.4 Å². The van der Waals surface area contributed by atoms with Crippen LogP contribution < -0.4 is 4.74 Å². The van der Waals surface area contributed by atoms with Crippen LogP contribution in [-0.2, 0) is 23.8 Å². The fourth-order valence-corrected chi connectivity index (χ4v) is 5.89. The largest absolute Gasteiger partial charge is 0.489 e. The van der Waals surface area contributed by atoms with Gasteiger partial charge in [-0.15, -0.1) is 0 Å². The molecule has 0 spiro atoms. The van der Waals surface area contributed by atoms with Crippen LogP contribution in [0.3, 0.4) is 0 Å². The summed E-state index contributed by atoms with van der Waals surface area (Å²) < 4.78 is 22.5. The standard InChI is InChI=1S/C28H31N3O2S/c1-2-17-31-25-20-27(34(32)23-13-15-29-16-14-23)26(33-22-11-7-4-8-12-22)19-24(25)30-28(31)18-21-9-5-3-6-10-21/h3,5-6,9-10,13-16,19-20,22H,2,4,7-8,11-12,17-18H2,1H3. The molecule has 1 saturated carbocycles. The monoisotopic (exact) mass is 473 g/mol. The second kappa shape index (κ2) is 10.5. The van der Waals surface area contributed by atoms with E-state index in [1.54, 1.807) is 12.4 Å². The summed E-state index contributed by atoms with van der Waals surface area (Å²) in [5.41, 5.74) is 3.15. The lowest BCUT2D eigenvalue weighted by molar-refractivity contribution is 0.151. The number of rotatable bonds is 8. The maximum Gasteiger partial charge on any atom is 0.138 e. The minimum atomic E-state index is -1.37. The Morgan fingerprint density at radius 3 is 2.53 bits per heavy atom. The van der Waals surface area contributed by atoms with Crippen molar-refractivity contribution >= 4 is 21.8 Å². The van der Waals surface area contributed by atoms with Crippen LogP contribution in [0.4, 0.5) is 0 Å². The third kappa shape index (κ3) is 4.92. The first-order chi connectivity index (χ1) is 16.7. The molecule has 2 aromatic carbocycles. The van der Waals surface area contributed by atoms with Gasteiger partial charge >= 0.3 is 0 Å². The lowest BCUT2D eigenvalue weighted by Crippen LogP contribution is -2.20. The quantitative estimate of drug-likeness (QED) is 0.301. The zero-order valence-corrected chi connectivity index (χ0v) is 20.5. The van der Waals surface area contributed by atoms with Gasteiger partial charge in [-0.05, 0) is 55.9 Å². The van der Waals surface area contributed by atoms with E-state index in [0.29, 0.717) is 10.6 Å². The van der Waals surface area contributed by atoms with E-state index in [2.05, 4.69) is 40.7 Å². The van der Waals surface area contributed by atoms with E-state index in [1.165, 1.54) is 24.8 Å². The lowest BCUT2D eigenvalue weighted by Gasteiger charge is -2.24. The number of aryl methyl sites for hydroxylation is 1. The van der Waals surface area contributed by atoms with E-state index < -0.39 is 10.8 Å². The van der Waals surface area contributed by atoms with Crippen LogP contribution >= 0.6 is 0 Å². The molecule has 2 heterocycles. The Bertz CT molecular complexity index is 1270. The first-order valence-corrected chi connectivity index (χ1v) is 13.4. The number of imidazole rings is 1. The minimum Gasteiger partial charge on any atom is -0.489 e. The predicted molar refractivity (Wildman–Crippen MR) is 136 cm³/mol. The smallest absolute Gasteiger partial charge is 0.138 e. The molecule has 0 saturated heterocycles. The lowest BCUT2D eigenvalue weighted by atomic mass is 9.98. The van der Waals surface area contributed by atoms with Crippen LogP contribution in [0, 0.1) is 0 Å². The molecule has 0 radical (unpaired) electrons. The van der Waals surface area contributed by atoms with Crippen LogP contribution in [0.2, 0.25) is 0 Å². The van der Waals surface area contributed by atoms with Gasteiger partial charge < -0.3 is 9.30 Å². The molecule has 176 valence electrons. The van der Waals surface area contributed by atoms with E-state index in [0.717, 1.165) is 54.0 Å². The molecule has 1 unspecified atom stereocenters. The summed E-state index contributed by atoms with van der Waals surface area (Å²) in [6.45, 7) is 3.04. The van der Waals surface area contributed by atoms with Crippen LogP contribution in [0.15, 0.2) is 76.8 Å². The molecule has 0 amide bonds. The number of fused-ring (bicyclic) bond motifs is 1. The summed E-state index contributed by atoms with van der Waals surface area (Å²) in [6, 6.07) is 18.1. The third-order valence-electron chi connectivity index (χ3n) is 6.45. The number of nitrogens with zero attached hydrogens (tertiary/aromatic N) is 3. The highest BCUT2D eigenvalue weighted by Gasteiger charge is 2.23. The van der Waals surface area contributed by atoms with Gasteiger partial charge in [-0.3, -0.25) is 4.98 Å². The van der Waals surface area contributed by atoms with E-state index in [9.17, 15) is 4.21 Å². The molecule has 2 aromatic heterocycles. The zero-order valence-electron chi connectivity index (χ0n) is 19.7. The van der Waals surface area contributed by atoms with Gasteiger partial charge in [0.15, 0.2) is 0 Å². The first-order valence-electron chi connectivity index (χ1n) is 12.3. The van der Waals surface area contributed by atoms with Gasteiger partial charge in [0.2, 0.25) is 0 Å². The maximum atomic E-state index is 13.7. The van der Waals surface area contributed by atoms with Crippen molar-refractivity contribution in [2.45, 2.75) is 74.3 Å². The van der Waals surface area contributed by atoms with Crippen molar-refractivity contribution in [3.63, 3.8) is 0 Å². The highest BCUT2D eigenvalue weighted by Crippen LogP contribution is 2.34. The second-order valence-corrected chi connectivity index (χ2v) is 10.4. The van der Waals surface area contributed by atoms with Gasteiger partial charge in [-0.1, -0.05) is 43.7 Å². The van der Waals surface area contributed by atoms with E-state index >= 15 is 0 Å². The van der Waals surface area contributed by atoms with Gasteiger partial charge in [0.05, 0.1) is 32.8 Å². The normalized spacial score (nSPS) is 15.4. The van der Waals surface area contributed by atoms with Crippen molar-refractivity contribution in [2.75, 3.05) is 0 Å². The van der Waals surface area contributed by atoms with E-state index in [4.69, 9.17) is 9.72 Å². The van der Waals surface area contributed by atoms with Crippen molar-refractivity contribution in [1.82, 2.24) is 14.5 Å². The first kappa shape index (κ1) is 22.8. The van der Waals surface area contributed by atoms with Gasteiger partial charge in [0.1, 0.15) is 11.6 Å². The Balaban J connectivity index is 1.61. The van der Waals surface area contributed by atoms with Crippen LogP contribution in [0.5, 0.6) is 5.75 Å². The highest BCUT2D eigenvalue weighted by atomic mass is 32.2. The summed E-state index contributed by atoms with van der Waals surface area (Å²) in [5, 5.41) is 0. The second-order valence-electron chi connectivity index (χ2n) is 8.96. The fourth-order valence-electron chi connectivity index (χ4n) is 4.76. The number of benzene rings is 2. The van der Waals surface area contributed by atoms with Crippen molar-refractivity contribution in [2.24, 2.45) is 0 Å². The Morgan fingerprint density at radius 2 is 1.79 bits per heavy atom. The van der Waals surface area contributed by atoms with Crippen LogP contribution in [-0.4, -0.2) is 24.8 Å². The molecule has 0 aliphatic heterocycles. The fraction of sp³-hybridized carbons (Fsp3) is 0.357. The molecule has 6 heteroatoms. The number of ether oxygens (including phenoxy) is 1. The van der Waals surface area contributed by atoms with Gasteiger partial charge in [0.25, 0.3) is 0 Å². The molecule has 1 fully saturated rings. The van der Waals surface area contributed by atoms with E-state index in [-0.39, 0.29) is 6.10 Å². The average Bonchev–Trinajstić information content (AvgIpc) is 3.21. The predicted octanol–water partition coefficient (Wildman–Crippen LogP) is 6.31. The van der Waals surface area contributed by atoms with Gasteiger partial charge in [-0.2, -0.15) is 0 Å². The molecule has 1 aliphatic carbocycles. The molecule has 0 N–H and O–H groups in total. The molecular weight excluding hydrogens is 442 g/mol. The SMILES string of the molecule is CCCn1c(Cc2ccccc2)nc2cc(OC3CCCCC3)c(S(=O)c3ccncc3)cc21. The summed E-state index contributed by atoms with van der Waals surface area (Å²) in [7, 11) is -1.37. The zero-order chi connectivity index (χ0) is 23.3. The van der Waals surface area contributed by atoms with Crippen molar-refractivity contribution in [3.8, 4) is 5.75 Å². The Kier molecular flexibility index (Phi) is 7.05. The van der Waals surface area contributed by atoms with Gasteiger partial charge in [0, 0.05) is 36.3 Å². The number of pyridine rings is 1. The number of aromatic nitrogens is 3. The molecule has 1 atom stereocenters. The molecule has 34 heavy (non-hydrogen) atoms. The average molecular weight is 474 g/mol. The molecule has 1 aliphatic rings. The van der Waals surface area contributed by atoms with E-state index in [1.807, 2.05) is 30.3 Å². The Morgan fingerprint density at radius 1 is 1.03 bits per heavy atom. The summed E-state index contributed by atoms with van der Waals surface area (Å²) in [4.78, 5) is 10.6. The van der Waals surface area contributed by atoms with Crippen molar-refractivity contribution < 1.29 is 8.95 Å². The Labute approximate surface area is 203 Å². The summed E-state index contributed by atoms with van der Waals surface area (Å²) in [5.74, 6) is 1.72. The Hall–Kier alpha value is -2.99. The molecule has 5 nitrogen and oxygen atoms in total. The maximum absolute atomic E-state index is 13.7. The minimum absolute atomic E-state index is 0.168. The molecule has 5 rings (SSSR count). The summed E-state index contributed by atoms with van der Waals surface area (Å²) in [6.07, 6.45) is 11.0. The number of hydrogen-bond acceptors (Lipinski definition) is 4. The molecule has 0 bridgehead atoms. The topological polar surface area (TPSA) is 57.0 Å². The number of hydrogen-bond donors (Lipinski definition) is 0. The summed E-state index contributed by atoms with van der Waals surface area (Å²) >= 11 is 0. The molecule has 4 aromatic rings. The van der Waals surface area contributed by atoms with Gasteiger partial charge in [-0.25, -0.2) is 9.19 Å². The van der Waals surface area contributed by atoms with Crippen LogP contribution in [0.25, 0.3) is 11.0 Å². The highest BCUT2D eigenvalue weighted by molar-refractivity contribution is 7.85. The third-order valence-corrected chi connectivity index (χ3v) is 7.87.